The van der Waals surface area contributed by atoms with E-state index in [9.17, 15) is 4.79 Å². The molecule has 1 saturated heterocycles. The molecule has 1 aliphatic rings. The van der Waals surface area contributed by atoms with Crippen LogP contribution in [0.15, 0.2) is 0 Å². The molecule has 0 spiro atoms. The normalized spacial score (nSPS) is 27.7. The Morgan fingerprint density at radius 1 is 1.53 bits per heavy atom. The van der Waals surface area contributed by atoms with Gasteiger partial charge in [-0.05, 0) is 20.3 Å². The standard InChI is InChI=1S/C11H22N2O2/c1-4-5-12-11(14)7-13-6-10(3)15-8-9(13)2/h9-10H,4-8H2,1-3H3,(H,12,14). The van der Waals surface area contributed by atoms with E-state index in [2.05, 4.69) is 24.1 Å². The van der Waals surface area contributed by atoms with E-state index in [1.807, 2.05) is 6.92 Å². The molecule has 0 aromatic carbocycles. The fourth-order valence-electron chi connectivity index (χ4n) is 1.70. The van der Waals surface area contributed by atoms with Crippen LogP contribution in [0.1, 0.15) is 27.2 Å². The molecular formula is C11H22N2O2. The first kappa shape index (κ1) is 12.5. The van der Waals surface area contributed by atoms with Crippen LogP contribution in [-0.2, 0) is 9.53 Å². The summed E-state index contributed by atoms with van der Waals surface area (Å²) < 4.78 is 5.51. The molecule has 1 rings (SSSR count). The minimum absolute atomic E-state index is 0.123. The highest BCUT2D eigenvalue weighted by atomic mass is 16.5. The summed E-state index contributed by atoms with van der Waals surface area (Å²) in [5.74, 6) is 0.123. The summed E-state index contributed by atoms with van der Waals surface area (Å²) in [5.41, 5.74) is 0. The summed E-state index contributed by atoms with van der Waals surface area (Å²) in [6.07, 6.45) is 1.22. The molecule has 1 N–H and O–H groups in total. The van der Waals surface area contributed by atoms with Gasteiger partial charge in [-0.2, -0.15) is 0 Å². The second-order valence-electron chi connectivity index (χ2n) is 4.27. The van der Waals surface area contributed by atoms with E-state index in [1.165, 1.54) is 0 Å². The number of carbonyl (C=O) groups excluding carboxylic acids is 1. The lowest BCUT2D eigenvalue weighted by Gasteiger charge is -2.36. The highest BCUT2D eigenvalue weighted by Crippen LogP contribution is 2.10. The van der Waals surface area contributed by atoms with Gasteiger partial charge in [0.25, 0.3) is 0 Å². The number of carbonyl (C=O) groups is 1. The van der Waals surface area contributed by atoms with Crippen LogP contribution in [0, 0.1) is 0 Å². The van der Waals surface area contributed by atoms with Crippen LogP contribution >= 0.6 is 0 Å². The molecule has 0 saturated carbocycles. The second kappa shape index (κ2) is 6.08. The number of morpholine rings is 1. The Bertz CT molecular complexity index is 209. The van der Waals surface area contributed by atoms with Crippen molar-refractivity contribution < 1.29 is 9.53 Å². The van der Waals surface area contributed by atoms with Gasteiger partial charge in [-0.25, -0.2) is 0 Å². The summed E-state index contributed by atoms with van der Waals surface area (Å²) in [6.45, 7) is 9.03. The number of amides is 1. The van der Waals surface area contributed by atoms with Crippen molar-refractivity contribution in [1.29, 1.82) is 0 Å². The van der Waals surface area contributed by atoms with E-state index < -0.39 is 0 Å². The van der Waals surface area contributed by atoms with E-state index in [1.54, 1.807) is 0 Å². The Balaban J connectivity index is 2.31. The largest absolute Gasteiger partial charge is 0.376 e. The van der Waals surface area contributed by atoms with Crippen molar-refractivity contribution in [3.63, 3.8) is 0 Å². The maximum atomic E-state index is 11.5. The first-order chi connectivity index (χ1) is 7.13. The fraction of sp³-hybridized carbons (Fsp3) is 0.909. The molecule has 4 nitrogen and oxygen atoms in total. The zero-order valence-corrected chi connectivity index (χ0v) is 9.95. The number of hydrogen-bond acceptors (Lipinski definition) is 3. The molecular weight excluding hydrogens is 192 g/mol. The van der Waals surface area contributed by atoms with Crippen LogP contribution in [0.2, 0.25) is 0 Å². The SMILES string of the molecule is CCCNC(=O)CN1CC(C)OCC1C. The molecule has 0 aliphatic carbocycles. The van der Waals surface area contributed by atoms with Crippen LogP contribution in [0.5, 0.6) is 0 Å². The first-order valence-corrected chi connectivity index (χ1v) is 5.75. The summed E-state index contributed by atoms with van der Waals surface area (Å²) in [6, 6.07) is 0.341. The van der Waals surface area contributed by atoms with Crippen molar-refractivity contribution in [3.8, 4) is 0 Å². The fourth-order valence-corrected chi connectivity index (χ4v) is 1.70. The number of hydrogen-bond donors (Lipinski definition) is 1. The molecule has 15 heavy (non-hydrogen) atoms. The van der Waals surface area contributed by atoms with Gasteiger partial charge < -0.3 is 10.1 Å². The molecule has 1 heterocycles. The Hall–Kier alpha value is -0.610. The molecule has 2 unspecified atom stereocenters. The number of nitrogens with zero attached hydrogens (tertiary/aromatic N) is 1. The predicted molar refractivity (Wildman–Crippen MR) is 59.7 cm³/mol. The van der Waals surface area contributed by atoms with Gasteiger partial charge in [0.2, 0.25) is 5.91 Å². The average Bonchev–Trinajstić information content (AvgIpc) is 2.20. The summed E-state index contributed by atoms with van der Waals surface area (Å²) >= 11 is 0. The predicted octanol–water partition coefficient (Wildman–Crippen LogP) is 0.622. The number of rotatable bonds is 4. The molecule has 0 radical (unpaired) electrons. The van der Waals surface area contributed by atoms with Crippen molar-refractivity contribution in [2.45, 2.75) is 39.3 Å². The molecule has 88 valence electrons. The van der Waals surface area contributed by atoms with Crippen molar-refractivity contribution in [3.05, 3.63) is 0 Å². The summed E-state index contributed by atoms with van der Waals surface area (Å²) in [4.78, 5) is 13.7. The Morgan fingerprint density at radius 3 is 2.93 bits per heavy atom. The lowest BCUT2D eigenvalue weighted by molar-refractivity contribution is -0.125. The molecule has 4 heteroatoms. The zero-order valence-electron chi connectivity index (χ0n) is 9.95. The third kappa shape index (κ3) is 4.18. The van der Waals surface area contributed by atoms with Crippen LogP contribution < -0.4 is 5.32 Å². The third-order valence-corrected chi connectivity index (χ3v) is 2.66. The van der Waals surface area contributed by atoms with Gasteiger partial charge in [0.1, 0.15) is 0 Å². The lowest BCUT2D eigenvalue weighted by atomic mass is 10.2. The van der Waals surface area contributed by atoms with Crippen molar-refractivity contribution in [1.82, 2.24) is 10.2 Å². The maximum absolute atomic E-state index is 11.5. The van der Waals surface area contributed by atoms with Crippen molar-refractivity contribution >= 4 is 5.91 Å². The van der Waals surface area contributed by atoms with E-state index in [4.69, 9.17) is 4.74 Å². The lowest BCUT2D eigenvalue weighted by Crippen LogP contribution is -2.51. The van der Waals surface area contributed by atoms with Gasteiger partial charge in [-0.1, -0.05) is 6.92 Å². The smallest absolute Gasteiger partial charge is 0.234 e. The molecule has 1 fully saturated rings. The van der Waals surface area contributed by atoms with Gasteiger partial charge in [0, 0.05) is 19.1 Å². The Kier molecular flexibility index (Phi) is 5.05. The zero-order chi connectivity index (χ0) is 11.3. The molecule has 1 aliphatic heterocycles. The first-order valence-electron chi connectivity index (χ1n) is 5.75. The topological polar surface area (TPSA) is 41.6 Å². The third-order valence-electron chi connectivity index (χ3n) is 2.66. The van der Waals surface area contributed by atoms with E-state index in [-0.39, 0.29) is 12.0 Å². The van der Waals surface area contributed by atoms with Gasteiger partial charge in [-0.3, -0.25) is 9.69 Å². The van der Waals surface area contributed by atoms with Crippen LogP contribution in [0.25, 0.3) is 0 Å². The van der Waals surface area contributed by atoms with E-state index >= 15 is 0 Å². The second-order valence-corrected chi connectivity index (χ2v) is 4.27. The molecule has 0 aromatic rings. The van der Waals surface area contributed by atoms with Crippen molar-refractivity contribution in [2.75, 3.05) is 26.2 Å². The van der Waals surface area contributed by atoms with Gasteiger partial charge in [-0.15, -0.1) is 0 Å². The number of ether oxygens (including phenoxy) is 1. The van der Waals surface area contributed by atoms with Gasteiger partial charge >= 0.3 is 0 Å². The Labute approximate surface area is 92.0 Å². The number of nitrogens with one attached hydrogen (secondary N) is 1. The minimum Gasteiger partial charge on any atom is -0.376 e. The van der Waals surface area contributed by atoms with E-state index in [0.29, 0.717) is 12.6 Å². The molecule has 2 atom stereocenters. The highest BCUT2D eigenvalue weighted by molar-refractivity contribution is 5.78. The Morgan fingerprint density at radius 2 is 2.27 bits per heavy atom. The van der Waals surface area contributed by atoms with Crippen LogP contribution in [0.3, 0.4) is 0 Å². The quantitative estimate of drug-likeness (QED) is 0.746. The summed E-state index contributed by atoms with van der Waals surface area (Å²) in [7, 11) is 0. The molecule has 1 amide bonds. The average molecular weight is 214 g/mol. The van der Waals surface area contributed by atoms with E-state index in [0.717, 1.165) is 26.1 Å². The monoisotopic (exact) mass is 214 g/mol. The van der Waals surface area contributed by atoms with Crippen LogP contribution in [0.4, 0.5) is 0 Å². The maximum Gasteiger partial charge on any atom is 0.234 e. The van der Waals surface area contributed by atoms with Gasteiger partial charge in [0.05, 0.1) is 19.3 Å². The van der Waals surface area contributed by atoms with Crippen molar-refractivity contribution in [2.24, 2.45) is 0 Å². The molecule has 0 aromatic heterocycles. The minimum atomic E-state index is 0.123. The molecule has 0 bridgehead atoms. The van der Waals surface area contributed by atoms with Crippen LogP contribution in [-0.4, -0.2) is 49.2 Å². The van der Waals surface area contributed by atoms with Gasteiger partial charge in [0.15, 0.2) is 0 Å². The summed E-state index contributed by atoms with van der Waals surface area (Å²) in [5, 5.41) is 2.89. The highest BCUT2D eigenvalue weighted by Gasteiger charge is 2.24.